The van der Waals surface area contributed by atoms with Crippen molar-refractivity contribution in [1.29, 1.82) is 0 Å². The van der Waals surface area contributed by atoms with Gasteiger partial charge in [-0.2, -0.15) is 10.2 Å². The fourth-order valence-corrected chi connectivity index (χ4v) is 5.66. The molecule has 6 atom stereocenters. The lowest BCUT2D eigenvalue weighted by atomic mass is 9.92. The number of nitrogen functional groups attached to an aromatic ring is 1. The highest BCUT2D eigenvalue weighted by Gasteiger charge is 2.56. The fourth-order valence-electron chi connectivity index (χ4n) is 4.15. The summed E-state index contributed by atoms with van der Waals surface area (Å²) < 4.78 is 37.1. The third-order valence-electron chi connectivity index (χ3n) is 5.98. The molecule has 0 bridgehead atoms. The van der Waals surface area contributed by atoms with Crippen molar-refractivity contribution >= 4 is 31.3 Å². The van der Waals surface area contributed by atoms with Gasteiger partial charge in [-0.3, -0.25) is 14.3 Å². The minimum absolute atomic E-state index is 0.201. The molecule has 0 saturated carbocycles. The predicted octanol–water partition coefficient (Wildman–Crippen LogP) is 0.683. The van der Waals surface area contributed by atoms with E-state index >= 15 is 0 Å². The number of aromatic nitrogens is 3. The largest absolute Gasteiger partial charge is 0.468 e. The van der Waals surface area contributed by atoms with Crippen molar-refractivity contribution in [3.05, 3.63) is 54.5 Å². The molecule has 0 amide bonds. The minimum atomic E-state index is -4.23. The lowest BCUT2D eigenvalue weighted by molar-refractivity contribution is -0.142. The number of nitrogens with zero attached hydrogens (tertiary/aromatic N) is 4. The topological polar surface area (TPSA) is 192 Å². The Bertz CT molecular complexity index is 1350. The van der Waals surface area contributed by atoms with E-state index in [1.54, 1.807) is 42.5 Å². The summed E-state index contributed by atoms with van der Waals surface area (Å²) in [7, 11) is -1.56. The monoisotopic (exact) mass is 548 g/mol. The van der Waals surface area contributed by atoms with Crippen LogP contribution >= 0.6 is 7.75 Å². The second-order valence-corrected chi connectivity index (χ2v) is 10.2. The average Bonchev–Trinajstić information content (AvgIpc) is 3.44. The van der Waals surface area contributed by atoms with Crippen LogP contribution in [0.15, 0.2) is 53.8 Å². The third-order valence-corrected chi connectivity index (χ3v) is 7.62. The zero-order valence-electron chi connectivity index (χ0n) is 20.9. The minimum Gasteiger partial charge on any atom is -0.468 e. The highest BCUT2D eigenvalue weighted by atomic mass is 31.2. The molecule has 1 saturated heterocycles. The first-order valence-electron chi connectivity index (χ1n) is 11.5. The van der Waals surface area contributed by atoms with E-state index in [0.29, 0.717) is 11.2 Å². The maximum absolute atomic E-state index is 13.7. The van der Waals surface area contributed by atoms with Gasteiger partial charge in [0, 0.05) is 13.3 Å². The van der Waals surface area contributed by atoms with E-state index in [1.807, 2.05) is 0 Å². The molecule has 15 heteroatoms. The molecule has 0 radical (unpaired) electrons. The Kier molecular flexibility index (Phi) is 8.11. The summed E-state index contributed by atoms with van der Waals surface area (Å²) in [6.07, 6.45) is -1.65. The van der Waals surface area contributed by atoms with E-state index in [9.17, 15) is 19.6 Å². The van der Waals surface area contributed by atoms with E-state index in [-0.39, 0.29) is 11.6 Å². The normalized spacial score (nSPS) is 25.9. The number of hydrogen-bond acceptors (Lipinski definition) is 12. The SMILES string of the molecule is CN=C[C@@]1(c2ccc3c(N)ncnn23)O[C@H](CO[P@@](=O)(N[C@@H](C)C(=O)OC)Oc2ccccc2)[C@@H](O)[C@H]1O. The lowest BCUT2D eigenvalue weighted by Gasteiger charge is -2.28. The zero-order valence-corrected chi connectivity index (χ0v) is 21.8. The van der Waals surface area contributed by atoms with Gasteiger partial charge in [0.1, 0.15) is 41.9 Å². The zero-order chi connectivity index (χ0) is 27.5. The van der Waals surface area contributed by atoms with Crippen molar-refractivity contribution < 1.29 is 38.1 Å². The molecule has 3 heterocycles. The first kappa shape index (κ1) is 27.6. The van der Waals surface area contributed by atoms with Crippen molar-refractivity contribution in [2.75, 3.05) is 26.5 Å². The number of para-hydroxylation sites is 1. The highest BCUT2D eigenvalue weighted by Crippen LogP contribution is 2.47. The average molecular weight is 548 g/mol. The van der Waals surface area contributed by atoms with E-state index < -0.39 is 50.3 Å². The number of fused-ring (bicyclic) bond motifs is 1. The van der Waals surface area contributed by atoms with Crippen molar-refractivity contribution in [1.82, 2.24) is 19.7 Å². The summed E-state index contributed by atoms with van der Waals surface area (Å²) in [4.78, 5) is 20.0. The van der Waals surface area contributed by atoms with E-state index in [0.717, 1.165) is 0 Å². The van der Waals surface area contributed by atoms with Gasteiger partial charge < -0.3 is 29.9 Å². The Hall–Kier alpha value is -3.39. The molecule has 1 fully saturated rings. The van der Waals surface area contributed by atoms with Gasteiger partial charge in [-0.25, -0.2) is 14.1 Å². The molecule has 5 N–H and O–H groups in total. The number of esters is 1. The predicted molar refractivity (Wildman–Crippen MR) is 136 cm³/mol. The Balaban J connectivity index is 1.61. The number of rotatable bonds is 10. The molecule has 204 valence electrons. The van der Waals surface area contributed by atoms with Gasteiger partial charge in [-0.1, -0.05) is 18.2 Å². The highest BCUT2D eigenvalue weighted by molar-refractivity contribution is 7.52. The smallest absolute Gasteiger partial charge is 0.459 e. The molecule has 0 spiro atoms. The summed E-state index contributed by atoms with van der Waals surface area (Å²) in [6.45, 7) is 0.928. The number of benzene rings is 1. The van der Waals surface area contributed by atoms with E-state index in [2.05, 4.69) is 24.9 Å². The van der Waals surface area contributed by atoms with Crippen molar-refractivity contribution in [3.63, 3.8) is 0 Å². The third kappa shape index (κ3) is 5.27. The van der Waals surface area contributed by atoms with Crippen LogP contribution in [0.1, 0.15) is 12.6 Å². The van der Waals surface area contributed by atoms with Crippen molar-refractivity contribution in [2.24, 2.45) is 4.99 Å². The second-order valence-electron chi connectivity index (χ2n) is 8.50. The van der Waals surface area contributed by atoms with Crippen LogP contribution in [0.3, 0.4) is 0 Å². The van der Waals surface area contributed by atoms with E-state index in [4.69, 9.17) is 19.5 Å². The van der Waals surface area contributed by atoms with Gasteiger partial charge >= 0.3 is 13.7 Å². The first-order chi connectivity index (χ1) is 18.1. The van der Waals surface area contributed by atoms with Crippen LogP contribution < -0.4 is 15.3 Å². The number of carbonyl (C=O) groups is 1. The van der Waals surface area contributed by atoms with Crippen molar-refractivity contribution in [2.45, 2.75) is 36.9 Å². The van der Waals surface area contributed by atoms with Crippen LogP contribution in [0.5, 0.6) is 5.75 Å². The fraction of sp³-hybridized carbons (Fsp3) is 0.391. The van der Waals surface area contributed by atoms with Crippen LogP contribution in [0, 0.1) is 0 Å². The number of carbonyl (C=O) groups excluding carboxylic acids is 1. The molecule has 1 aliphatic rings. The lowest BCUT2D eigenvalue weighted by Crippen LogP contribution is -2.43. The van der Waals surface area contributed by atoms with Gasteiger partial charge in [0.15, 0.2) is 11.4 Å². The number of anilines is 1. The van der Waals surface area contributed by atoms with Gasteiger partial charge in [0.2, 0.25) is 0 Å². The van der Waals surface area contributed by atoms with Gasteiger partial charge in [0.05, 0.1) is 19.4 Å². The summed E-state index contributed by atoms with van der Waals surface area (Å²) >= 11 is 0. The number of nitrogens with one attached hydrogen (secondary N) is 1. The Morgan fingerprint density at radius 3 is 2.76 bits per heavy atom. The number of aliphatic imine (C=N–C) groups is 1. The van der Waals surface area contributed by atoms with Crippen LogP contribution in [0.25, 0.3) is 5.52 Å². The Morgan fingerprint density at radius 1 is 1.34 bits per heavy atom. The standard InChI is InChI=1S/C23H29N6O8P/c1-14(22(32)34-3)28-38(33,37-15-7-5-4-6-8-15)35-11-17-19(30)20(31)23(36-17,12-25-2)18-10-9-16-21(24)26-13-27-29(16)18/h4-10,12-14,17,19-20,30-31H,11H2,1-3H3,(H,28,33)(H2,24,26,27)/t14-,17+,19+,20+,23-,38-/m0/s1. The molecule has 3 aromatic rings. The number of methoxy groups -OCH3 is 1. The Morgan fingerprint density at radius 2 is 2.08 bits per heavy atom. The van der Waals surface area contributed by atoms with Gasteiger partial charge in [-0.15, -0.1) is 0 Å². The molecule has 2 aromatic heterocycles. The van der Waals surface area contributed by atoms with Gasteiger partial charge in [-0.05, 0) is 31.2 Å². The second kappa shape index (κ2) is 11.2. The molecular formula is C23H29N6O8P. The summed E-state index contributed by atoms with van der Waals surface area (Å²) in [5, 5.41) is 28.8. The summed E-state index contributed by atoms with van der Waals surface area (Å²) in [5.41, 5.74) is 5.06. The molecule has 38 heavy (non-hydrogen) atoms. The van der Waals surface area contributed by atoms with Crippen molar-refractivity contribution in [3.8, 4) is 5.75 Å². The number of aliphatic hydroxyl groups excluding tert-OH is 2. The molecule has 1 aliphatic heterocycles. The van der Waals surface area contributed by atoms with Gasteiger partial charge in [0.25, 0.3) is 0 Å². The molecule has 1 aromatic carbocycles. The molecule has 4 rings (SSSR count). The molecular weight excluding hydrogens is 519 g/mol. The first-order valence-corrected chi connectivity index (χ1v) is 13.1. The van der Waals surface area contributed by atoms with Crippen LogP contribution in [-0.4, -0.2) is 82.1 Å². The molecule has 0 aliphatic carbocycles. The summed E-state index contributed by atoms with van der Waals surface area (Å²) in [6, 6.07) is 10.4. The number of aliphatic hydroxyl groups is 2. The van der Waals surface area contributed by atoms with E-state index in [1.165, 1.54) is 38.1 Å². The van der Waals surface area contributed by atoms with Crippen LogP contribution in [0.2, 0.25) is 0 Å². The summed E-state index contributed by atoms with van der Waals surface area (Å²) in [5.74, 6) is -0.289. The molecule has 0 unspecified atom stereocenters. The molecule has 14 nitrogen and oxygen atoms in total. The maximum atomic E-state index is 13.7. The quantitative estimate of drug-likeness (QED) is 0.158. The Labute approximate surface area is 218 Å². The number of ether oxygens (including phenoxy) is 2. The maximum Gasteiger partial charge on any atom is 0.459 e. The number of nitrogens with two attached hydrogens (primary N) is 1. The van der Waals surface area contributed by atoms with Crippen LogP contribution in [0.4, 0.5) is 5.82 Å². The number of hydrogen-bond donors (Lipinski definition) is 4. The van der Waals surface area contributed by atoms with Crippen LogP contribution in [-0.2, 0) is 29.0 Å².